The van der Waals surface area contributed by atoms with Gasteiger partial charge in [0.15, 0.2) is 11.5 Å². The van der Waals surface area contributed by atoms with E-state index in [4.69, 9.17) is 0 Å². The minimum atomic E-state index is -0.0242. The van der Waals surface area contributed by atoms with Gasteiger partial charge in [-0.05, 0) is 44.0 Å². The zero-order chi connectivity index (χ0) is 12.0. The lowest BCUT2D eigenvalue weighted by atomic mass is 9.71. The summed E-state index contributed by atoms with van der Waals surface area (Å²) >= 11 is 0. The number of nitrogens with zero attached hydrogens (tertiary/aromatic N) is 1. The average Bonchev–Trinajstić information content (AvgIpc) is 2.54. The fraction of sp³-hybridized carbons (Fsp3) is 0.571. The summed E-state index contributed by atoms with van der Waals surface area (Å²) in [6.45, 7) is 1.07. The summed E-state index contributed by atoms with van der Waals surface area (Å²) < 4.78 is 0. The van der Waals surface area contributed by atoms with Crippen LogP contribution < -0.4 is 0 Å². The minimum absolute atomic E-state index is 0.00792. The van der Waals surface area contributed by atoms with Crippen LogP contribution >= 0.6 is 0 Å². The number of aromatic hydroxyl groups is 2. The molecule has 1 saturated heterocycles. The van der Waals surface area contributed by atoms with Crippen molar-refractivity contribution in [1.29, 1.82) is 0 Å². The van der Waals surface area contributed by atoms with Crippen LogP contribution in [-0.4, -0.2) is 34.7 Å². The Balaban J connectivity index is 2.00. The number of hydrogen-bond donors (Lipinski definition) is 2. The number of rotatable bonds is 1. The molecule has 2 fully saturated rings. The molecule has 1 heterocycles. The topological polar surface area (TPSA) is 43.7 Å². The van der Waals surface area contributed by atoms with Crippen molar-refractivity contribution < 1.29 is 10.2 Å². The second kappa shape index (κ2) is 3.64. The molecule has 3 nitrogen and oxygen atoms in total. The van der Waals surface area contributed by atoms with Gasteiger partial charge in [-0.3, -0.25) is 0 Å². The van der Waals surface area contributed by atoms with Gasteiger partial charge in [-0.2, -0.15) is 0 Å². The van der Waals surface area contributed by atoms with Crippen molar-refractivity contribution >= 4 is 0 Å². The van der Waals surface area contributed by atoms with Gasteiger partial charge in [0.1, 0.15) is 0 Å². The van der Waals surface area contributed by atoms with Crippen molar-refractivity contribution in [2.75, 3.05) is 13.6 Å². The van der Waals surface area contributed by atoms with Gasteiger partial charge in [0.2, 0.25) is 0 Å². The molecule has 2 atom stereocenters. The maximum atomic E-state index is 9.66. The highest BCUT2D eigenvalue weighted by atomic mass is 16.3. The average molecular weight is 233 g/mol. The summed E-state index contributed by atoms with van der Waals surface area (Å²) in [5, 5.41) is 19.1. The highest BCUT2D eigenvalue weighted by Crippen LogP contribution is 2.47. The first-order valence-corrected chi connectivity index (χ1v) is 6.33. The van der Waals surface area contributed by atoms with E-state index in [-0.39, 0.29) is 16.9 Å². The Kier molecular flexibility index (Phi) is 2.33. The van der Waals surface area contributed by atoms with Crippen LogP contribution in [0.5, 0.6) is 11.5 Å². The van der Waals surface area contributed by atoms with Gasteiger partial charge in [0.05, 0.1) is 0 Å². The Labute approximate surface area is 102 Å². The Hall–Kier alpha value is -1.22. The van der Waals surface area contributed by atoms with Crippen LogP contribution in [0.3, 0.4) is 0 Å². The number of phenols is 2. The Morgan fingerprint density at radius 3 is 2.88 bits per heavy atom. The Morgan fingerprint density at radius 1 is 1.29 bits per heavy atom. The first-order chi connectivity index (χ1) is 8.11. The van der Waals surface area contributed by atoms with Gasteiger partial charge in [-0.15, -0.1) is 0 Å². The smallest absolute Gasteiger partial charge is 0.157 e. The maximum Gasteiger partial charge on any atom is 0.157 e. The van der Waals surface area contributed by atoms with E-state index in [1.807, 2.05) is 6.07 Å². The van der Waals surface area contributed by atoms with Gasteiger partial charge in [-0.25, -0.2) is 0 Å². The van der Waals surface area contributed by atoms with Crippen LogP contribution in [0, 0.1) is 0 Å². The van der Waals surface area contributed by atoms with E-state index in [2.05, 4.69) is 11.9 Å². The molecule has 0 spiro atoms. The molecule has 2 N–H and O–H groups in total. The van der Waals surface area contributed by atoms with E-state index in [1.54, 1.807) is 12.1 Å². The molecule has 1 aliphatic carbocycles. The van der Waals surface area contributed by atoms with Crippen molar-refractivity contribution in [2.45, 2.75) is 37.1 Å². The van der Waals surface area contributed by atoms with Gasteiger partial charge in [-0.1, -0.05) is 12.5 Å². The van der Waals surface area contributed by atoms with E-state index in [0.717, 1.165) is 6.54 Å². The molecule has 1 aliphatic heterocycles. The predicted molar refractivity (Wildman–Crippen MR) is 66.3 cm³/mol. The maximum absolute atomic E-state index is 9.66. The van der Waals surface area contributed by atoms with Crippen molar-refractivity contribution in [3.8, 4) is 11.5 Å². The second-order valence-corrected chi connectivity index (χ2v) is 5.65. The molecule has 0 amide bonds. The fourth-order valence-electron chi connectivity index (χ4n) is 3.66. The highest BCUT2D eigenvalue weighted by Gasteiger charge is 2.46. The summed E-state index contributed by atoms with van der Waals surface area (Å²) in [6.07, 6.45) is 4.94. The number of likely N-dealkylation sites (N-methyl/N-ethyl adjacent to an activating group) is 1. The van der Waals surface area contributed by atoms with Crippen LogP contribution in [0.25, 0.3) is 0 Å². The molecule has 0 aromatic heterocycles. The van der Waals surface area contributed by atoms with Gasteiger partial charge >= 0.3 is 0 Å². The third kappa shape index (κ3) is 1.61. The molecule has 2 unspecified atom stereocenters. The molecule has 92 valence electrons. The fourth-order valence-corrected chi connectivity index (χ4v) is 3.66. The van der Waals surface area contributed by atoms with Crippen LogP contribution in [0.15, 0.2) is 18.2 Å². The van der Waals surface area contributed by atoms with Crippen LogP contribution in [0.4, 0.5) is 0 Å². The zero-order valence-electron chi connectivity index (χ0n) is 10.2. The van der Waals surface area contributed by atoms with Crippen molar-refractivity contribution in [3.63, 3.8) is 0 Å². The van der Waals surface area contributed by atoms with E-state index in [1.165, 1.54) is 31.2 Å². The first-order valence-electron chi connectivity index (χ1n) is 6.33. The van der Waals surface area contributed by atoms with Gasteiger partial charge < -0.3 is 15.1 Å². The molecule has 1 aromatic rings. The lowest BCUT2D eigenvalue weighted by Gasteiger charge is -2.32. The minimum Gasteiger partial charge on any atom is -0.504 e. The molecule has 0 radical (unpaired) electrons. The quantitative estimate of drug-likeness (QED) is 0.731. The normalized spacial score (nSPS) is 32.9. The largest absolute Gasteiger partial charge is 0.504 e. The SMILES string of the molecule is CN1CC2(c3ccc(O)c(O)c3)CCCC1C2. The van der Waals surface area contributed by atoms with E-state index >= 15 is 0 Å². The monoisotopic (exact) mass is 233 g/mol. The summed E-state index contributed by atoms with van der Waals surface area (Å²) in [5.74, 6) is -0.0163. The van der Waals surface area contributed by atoms with Crippen molar-refractivity contribution in [3.05, 3.63) is 23.8 Å². The lowest BCUT2D eigenvalue weighted by Crippen LogP contribution is -2.29. The third-order valence-electron chi connectivity index (χ3n) is 4.58. The van der Waals surface area contributed by atoms with E-state index in [0.29, 0.717) is 6.04 Å². The molecular weight excluding hydrogens is 214 g/mol. The van der Waals surface area contributed by atoms with Crippen LogP contribution in [0.2, 0.25) is 0 Å². The van der Waals surface area contributed by atoms with Crippen molar-refractivity contribution in [1.82, 2.24) is 4.90 Å². The molecule has 1 saturated carbocycles. The summed E-state index contributed by atoms with van der Waals surface area (Å²) in [5.41, 5.74) is 1.38. The predicted octanol–water partition coefficient (Wildman–Crippen LogP) is 2.22. The molecule has 17 heavy (non-hydrogen) atoms. The molecule has 3 heteroatoms. The lowest BCUT2D eigenvalue weighted by molar-refractivity contribution is 0.294. The Morgan fingerprint density at radius 2 is 2.12 bits per heavy atom. The zero-order valence-corrected chi connectivity index (χ0v) is 10.2. The Bertz CT molecular complexity index is 442. The highest BCUT2D eigenvalue weighted by molar-refractivity contribution is 5.44. The molecule has 2 bridgehead atoms. The number of phenolic OH excluding ortho intramolecular Hbond substituents is 2. The second-order valence-electron chi connectivity index (χ2n) is 5.65. The summed E-state index contributed by atoms with van der Waals surface area (Å²) in [7, 11) is 2.19. The molecular formula is C14H19NO2. The van der Waals surface area contributed by atoms with E-state index in [9.17, 15) is 10.2 Å². The van der Waals surface area contributed by atoms with Gasteiger partial charge in [0, 0.05) is 18.0 Å². The van der Waals surface area contributed by atoms with E-state index < -0.39 is 0 Å². The summed E-state index contributed by atoms with van der Waals surface area (Å²) in [6, 6.07) is 6.02. The molecule has 1 aromatic carbocycles. The standard InChI is InChI=1S/C14H19NO2/c1-15-9-14(6-2-3-11(15)8-14)10-4-5-12(16)13(17)7-10/h4-5,7,11,16-17H,2-3,6,8-9H2,1H3. The number of likely N-dealkylation sites (tertiary alicyclic amines) is 1. The van der Waals surface area contributed by atoms with Crippen LogP contribution in [-0.2, 0) is 5.41 Å². The number of benzene rings is 1. The summed E-state index contributed by atoms with van der Waals surface area (Å²) in [4.78, 5) is 2.44. The molecule has 3 rings (SSSR count). The number of hydrogen-bond acceptors (Lipinski definition) is 3. The van der Waals surface area contributed by atoms with Crippen LogP contribution in [0.1, 0.15) is 31.2 Å². The third-order valence-corrected chi connectivity index (χ3v) is 4.58. The van der Waals surface area contributed by atoms with Gasteiger partial charge in [0.25, 0.3) is 0 Å². The number of fused-ring (bicyclic) bond motifs is 2. The van der Waals surface area contributed by atoms with Crippen molar-refractivity contribution in [2.24, 2.45) is 0 Å². The first kappa shape index (κ1) is 10.9. The molecule has 2 aliphatic rings.